The number of rotatable bonds is 8. The maximum Gasteiger partial charge on any atom is 0.460 e. The number of hydrogen-bond acceptors (Lipinski definition) is 4. The molecule has 4 aliphatic carbocycles. The van der Waals surface area contributed by atoms with Gasteiger partial charge in [-0.15, -0.1) is 4.13 Å². The Hall–Kier alpha value is -0.610. The monoisotopic (exact) mass is 510 g/mol. The number of sulfonamides is 1. The van der Waals surface area contributed by atoms with Gasteiger partial charge >= 0.3 is 23.3 Å². The Kier molecular flexibility index (Phi) is 6.01. The first kappa shape index (κ1) is 25.0. The summed E-state index contributed by atoms with van der Waals surface area (Å²) in [5.41, 5.74) is -0.638. The number of alkyl halides is 9. The predicted molar refractivity (Wildman–Crippen MR) is 90.0 cm³/mol. The smallest absolute Gasteiger partial charge is 0.297 e. The first-order chi connectivity index (χ1) is 13.8. The second-order valence-electron chi connectivity index (χ2n) is 8.65. The van der Waals surface area contributed by atoms with Gasteiger partial charge in [0.1, 0.15) is 5.88 Å². The summed E-state index contributed by atoms with van der Waals surface area (Å²) >= 11 is 0. The molecule has 0 aromatic rings. The SMILES string of the molecule is O=S(NS(=O)(=O)CNC12CC3CC(CC(C3)C1)C2)C(F)(F)C(F)(F)C(F)(F)C(F)(F)F. The molecule has 31 heavy (non-hydrogen) atoms. The highest BCUT2D eigenvalue weighted by atomic mass is 32.3. The van der Waals surface area contributed by atoms with Crippen LogP contribution in [-0.4, -0.2) is 47.3 Å². The lowest BCUT2D eigenvalue weighted by Crippen LogP contribution is -2.64. The second kappa shape index (κ2) is 7.45. The zero-order valence-corrected chi connectivity index (χ0v) is 17.3. The Morgan fingerprint density at radius 3 is 1.61 bits per heavy atom. The molecule has 0 amide bonds. The van der Waals surface area contributed by atoms with E-state index in [1.165, 1.54) is 0 Å². The van der Waals surface area contributed by atoms with Crippen LogP contribution in [0, 0.1) is 17.8 Å². The summed E-state index contributed by atoms with van der Waals surface area (Å²) in [6, 6.07) is 0. The molecule has 0 saturated heterocycles. The summed E-state index contributed by atoms with van der Waals surface area (Å²) < 4.78 is 152. The molecular formula is C15H19F9N2O3S2. The van der Waals surface area contributed by atoms with E-state index < -0.39 is 55.7 Å². The van der Waals surface area contributed by atoms with Crippen LogP contribution in [0.25, 0.3) is 0 Å². The minimum atomic E-state index is -7.26. The van der Waals surface area contributed by atoms with E-state index in [-0.39, 0.29) is 0 Å². The molecule has 2 N–H and O–H groups in total. The highest BCUT2D eigenvalue weighted by Gasteiger charge is 2.83. The molecule has 0 aliphatic heterocycles. The van der Waals surface area contributed by atoms with Crippen LogP contribution < -0.4 is 9.44 Å². The molecule has 0 aromatic heterocycles. The Bertz CT molecular complexity index is 810. The summed E-state index contributed by atoms with van der Waals surface area (Å²) in [7, 11) is -9.85. The molecule has 4 rings (SSSR count). The van der Waals surface area contributed by atoms with Crippen molar-refractivity contribution in [1.29, 1.82) is 0 Å². The average molecular weight is 510 g/mol. The second-order valence-corrected chi connectivity index (χ2v) is 11.9. The van der Waals surface area contributed by atoms with Gasteiger partial charge in [-0.1, -0.05) is 0 Å². The Balaban J connectivity index is 1.69. The highest BCUT2D eigenvalue weighted by Crippen LogP contribution is 2.56. The fourth-order valence-corrected chi connectivity index (χ4v) is 7.68. The summed E-state index contributed by atoms with van der Waals surface area (Å²) in [5.74, 6) is -14.5. The van der Waals surface area contributed by atoms with Crippen LogP contribution >= 0.6 is 0 Å². The molecule has 0 heterocycles. The van der Waals surface area contributed by atoms with E-state index in [0.717, 1.165) is 19.3 Å². The zero-order valence-electron chi connectivity index (χ0n) is 15.6. The van der Waals surface area contributed by atoms with Crippen molar-refractivity contribution in [3.8, 4) is 0 Å². The standard InChI is InChI=1S/C15H19F9N2O3S2/c16-12(17,14(20,21)22)13(18,19)15(23,24)30(27)26-31(28,29)7-25-11-4-8-1-9(5-11)3-10(2-8)6-11/h8-10,25-26H,1-7H2. The number of nitrogens with one attached hydrogen (secondary N) is 2. The third-order valence-electron chi connectivity index (χ3n) is 6.23. The van der Waals surface area contributed by atoms with Gasteiger partial charge in [0.2, 0.25) is 10.0 Å². The van der Waals surface area contributed by atoms with Crippen molar-refractivity contribution in [2.75, 3.05) is 5.88 Å². The molecule has 4 saturated carbocycles. The van der Waals surface area contributed by atoms with Crippen LogP contribution in [0.3, 0.4) is 0 Å². The normalized spacial score (nSPS) is 33.0. The van der Waals surface area contributed by atoms with E-state index in [2.05, 4.69) is 5.32 Å². The minimum absolute atomic E-state index is 0.344. The van der Waals surface area contributed by atoms with Crippen LogP contribution in [0.15, 0.2) is 0 Å². The van der Waals surface area contributed by atoms with E-state index in [0.29, 0.717) is 41.1 Å². The van der Waals surface area contributed by atoms with Crippen molar-refractivity contribution < 1.29 is 52.1 Å². The lowest BCUT2D eigenvalue weighted by atomic mass is 9.53. The average Bonchev–Trinajstić information content (AvgIpc) is 2.57. The van der Waals surface area contributed by atoms with Gasteiger partial charge in [-0.2, -0.15) is 39.5 Å². The Morgan fingerprint density at radius 2 is 1.23 bits per heavy atom. The van der Waals surface area contributed by atoms with Gasteiger partial charge in [0, 0.05) is 5.54 Å². The quantitative estimate of drug-likeness (QED) is 0.491. The topological polar surface area (TPSA) is 75.3 Å². The van der Waals surface area contributed by atoms with Crippen LogP contribution in [0.1, 0.15) is 38.5 Å². The molecule has 0 aromatic carbocycles. The first-order valence-electron chi connectivity index (χ1n) is 9.19. The van der Waals surface area contributed by atoms with E-state index in [1.807, 2.05) is 0 Å². The number of halogens is 9. The van der Waals surface area contributed by atoms with Crippen molar-refractivity contribution in [2.45, 2.75) is 67.3 Å². The van der Waals surface area contributed by atoms with Crippen molar-refractivity contribution in [3.05, 3.63) is 0 Å². The van der Waals surface area contributed by atoms with Gasteiger partial charge in [-0.3, -0.25) is 5.32 Å². The van der Waals surface area contributed by atoms with Crippen LogP contribution in [0.4, 0.5) is 39.5 Å². The molecule has 4 bridgehead atoms. The van der Waals surface area contributed by atoms with Gasteiger partial charge in [-0.25, -0.2) is 12.6 Å². The van der Waals surface area contributed by atoms with Gasteiger partial charge < -0.3 is 0 Å². The molecule has 4 aliphatic rings. The maximum absolute atomic E-state index is 13.6. The molecule has 1 unspecified atom stereocenters. The molecule has 1 atom stereocenters. The highest BCUT2D eigenvalue weighted by molar-refractivity contribution is 8.02. The minimum Gasteiger partial charge on any atom is -0.297 e. The predicted octanol–water partition coefficient (Wildman–Crippen LogP) is 3.51. The molecule has 5 nitrogen and oxygen atoms in total. The first-order valence-corrected chi connectivity index (χ1v) is 12.0. The Morgan fingerprint density at radius 1 is 0.806 bits per heavy atom. The molecule has 182 valence electrons. The Labute approximate surface area is 174 Å². The molecule has 16 heteroatoms. The van der Waals surface area contributed by atoms with Crippen molar-refractivity contribution in [1.82, 2.24) is 9.44 Å². The maximum atomic E-state index is 13.6. The molecule has 4 fully saturated rings. The fraction of sp³-hybridized carbons (Fsp3) is 1.00. The zero-order chi connectivity index (χ0) is 23.7. The largest absolute Gasteiger partial charge is 0.460 e. The van der Waals surface area contributed by atoms with Crippen molar-refractivity contribution in [2.24, 2.45) is 17.8 Å². The van der Waals surface area contributed by atoms with Gasteiger partial charge in [-0.05, 0) is 56.3 Å². The van der Waals surface area contributed by atoms with E-state index in [4.69, 9.17) is 0 Å². The van der Waals surface area contributed by atoms with E-state index >= 15 is 0 Å². The summed E-state index contributed by atoms with van der Waals surface area (Å²) in [4.78, 5) is 0. The van der Waals surface area contributed by atoms with Gasteiger partial charge in [0.15, 0.2) is 11.0 Å². The molecule has 0 radical (unpaired) electrons. The molecular weight excluding hydrogens is 491 g/mol. The van der Waals surface area contributed by atoms with Crippen LogP contribution in [-0.2, 0) is 21.0 Å². The molecule has 0 spiro atoms. The fourth-order valence-electron chi connectivity index (χ4n) is 5.25. The van der Waals surface area contributed by atoms with E-state index in [1.54, 1.807) is 0 Å². The third-order valence-corrected chi connectivity index (χ3v) is 9.09. The lowest BCUT2D eigenvalue weighted by molar-refractivity contribution is -0.381. The van der Waals surface area contributed by atoms with Gasteiger partial charge in [0.05, 0.1) is 0 Å². The van der Waals surface area contributed by atoms with Crippen molar-refractivity contribution in [3.63, 3.8) is 0 Å². The summed E-state index contributed by atoms with van der Waals surface area (Å²) in [5, 5.41) is -3.88. The summed E-state index contributed by atoms with van der Waals surface area (Å²) in [6.45, 7) is 0. The van der Waals surface area contributed by atoms with Crippen molar-refractivity contribution >= 4 is 21.0 Å². The lowest BCUT2D eigenvalue weighted by Gasteiger charge is -2.57. The third kappa shape index (κ3) is 4.33. The van der Waals surface area contributed by atoms with E-state index in [9.17, 15) is 52.1 Å². The van der Waals surface area contributed by atoms with Crippen LogP contribution in [0.2, 0.25) is 0 Å². The van der Waals surface area contributed by atoms with Gasteiger partial charge in [0.25, 0.3) is 0 Å². The van der Waals surface area contributed by atoms with Crippen LogP contribution in [0.5, 0.6) is 0 Å². The summed E-state index contributed by atoms with van der Waals surface area (Å²) in [6.07, 6.45) is -2.36. The number of hydrogen-bond donors (Lipinski definition) is 2.